The summed E-state index contributed by atoms with van der Waals surface area (Å²) in [5.74, 6) is 0.135. The van der Waals surface area contributed by atoms with Crippen LogP contribution in [0.15, 0.2) is 18.2 Å². The average Bonchev–Trinajstić information content (AvgIpc) is 2.97. The monoisotopic (exact) mass is 422 g/mol. The van der Waals surface area contributed by atoms with Gasteiger partial charge in [-0.1, -0.05) is 20.8 Å². The van der Waals surface area contributed by atoms with E-state index in [2.05, 4.69) is 20.8 Å². The Hall–Kier alpha value is -2.10. The quantitative estimate of drug-likeness (QED) is 0.726. The van der Waals surface area contributed by atoms with Crippen LogP contribution in [0.25, 0.3) is 0 Å². The Balaban J connectivity index is 2.18. The van der Waals surface area contributed by atoms with Crippen molar-refractivity contribution in [3.05, 3.63) is 23.8 Å². The Morgan fingerprint density at radius 1 is 1.28 bits per heavy atom. The fraction of sp³-hybridized carbons (Fsp3) is 0.600. The van der Waals surface area contributed by atoms with E-state index in [1.54, 1.807) is 23.1 Å². The number of aliphatic hydroxyl groups is 1. The highest BCUT2D eigenvalue weighted by Crippen LogP contribution is 2.42. The largest absolute Gasteiger partial charge is 0.497 e. The van der Waals surface area contributed by atoms with Crippen molar-refractivity contribution in [3.8, 4) is 5.75 Å². The Labute approximate surface area is 172 Å². The van der Waals surface area contributed by atoms with Gasteiger partial charge in [-0.05, 0) is 42.8 Å². The first-order valence-corrected chi connectivity index (χ1v) is 12.7. The van der Waals surface area contributed by atoms with E-state index < -0.39 is 32.8 Å². The number of ether oxygens (including phenoxy) is 1. The molecule has 29 heavy (non-hydrogen) atoms. The number of hydrogen-bond acceptors (Lipinski definition) is 5. The predicted octanol–water partition coefficient (Wildman–Crippen LogP) is 3.12. The van der Waals surface area contributed by atoms with Crippen molar-refractivity contribution in [2.45, 2.75) is 63.7 Å². The molecular weight excluding hydrogens is 392 g/mol. The van der Waals surface area contributed by atoms with Crippen molar-refractivity contribution < 1.29 is 29.0 Å². The van der Waals surface area contributed by atoms with Crippen LogP contribution in [0.1, 0.15) is 37.6 Å². The van der Waals surface area contributed by atoms with Gasteiger partial charge in [0.25, 0.3) is 5.91 Å². The summed E-state index contributed by atoms with van der Waals surface area (Å²) in [6.45, 7) is 10.5. The van der Waals surface area contributed by atoms with Crippen molar-refractivity contribution in [2.75, 3.05) is 18.6 Å². The van der Waals surface area contributed by atoms with Gasteiger partial charge in [-0.15, -0.1) is 0 Å². The maximum absolute atomic E-state index is 13.3. The number of fused-ring (bicyclic) bond motifs is 2. The van der Waals surface area contributed by atoms with Crippen LogP contribution in [-0.2, 0) is 4.43 Å². The Bertz CT molecular complexity index is 822. The van der Waals surface area contributed by atoms with Gasteiger partial charge in [-0.25, -0.2) is 9.69 Å². The minimum Gasteiger partial charge on any atom is -0.497 e. The zero-order valence-electron chi connectivity index (χ0n) is 17.8. The summed E-state index contributed by atoms with van der Waals surface area (Å²) in [5, 5.41) is 20.3. The molecule has 0 spiro atoms. The Morgan fingerprint density at radius 2 is 1.93 bits per heavy atom. The van der Waals surface area contributed by atoms with Crippen LogP contribution < -0.4 is 9.64 Å². The number of rotatable bonds is 3. The molecule has 2 heterocycles. The normalized spacial score (nSPS) is 24.8. The number of carboxylic acid groups (broad SMARTS) is 1. The lowest BCUT2D eigenvalue weighted by Crippen LogP contribution is -2.57. The molecule has 2 amide bonds. The molecule has 3 rings (SSSR count). The molecule has 1 aromatic rings. The zero-order valence-corrected chi connectivity index (χ0v) is 18.8. The molecule has 1 aromatic carbocycles. The standard InChI is InChI=1S/C20H30N2O6Si/c1-20(2,3)29(5,6)28-18-16-9-12(23)11-21(16)17(24)14-10-13(27-4)7-8-15(14)22(18)19(25)26/h7-8,10,12,16,18,23H,9,11H2,1-6H3,(H,25,26). The van der Waals surface area contributed by atoms with E-state index in [0.29, 0.717) is 5.75 Å². The molecule has 1 fully saturated rings. The number of anilines is 1. The van der Waals surface area contributed by atoms with Crippen LogP contribution in [0, 0.1) is 0 Å². The van der Waals surface area contributed by atoms with Crippen molar-refractivity contribution in [2.24, 2.45) is 0 Å². The number of benzene rings is 1. The van der Waals surface area contributed by atoms with Crippen molar-refractivity contribution in [3.63, 3.8) is 0 Å². The third kappa shape index (κ3) is 3.74. The minimum absolute atomic E-state index is 0.144. The number of carbonyl (C=O) groups excluding carboxylic acids is 1. The van der Waals surface area contributed by atoms with E-state index in [1.807, 2.05) is 13.1 Å². The number of carbonyl (C=O) groups is 2. The van der Waals surface area contributed by atoms with Crippen LogP contribution in [0.4, 0.5) is 10.5 Å². The molecule has 1 saturated heterocycles. The van der Waals surface area contributed by atoms with Crippen LogP contribution in [0.2, 0.25) is 18.1 Å². The second kappa shape index (κ2) is 7.30. The van der Waals surface area contributed by atoms with Gasteiger partial charge >= 0.3 is 6.09 Å². The topological polar surface area (TPSA) is 99.5 Å². The molecule has 2 aliphatic rings. The van der Waals surface area contributed by atoms with Gasteiger partial charge in [0.15, 0.2) is 14.5 Å². The summed E-state index contributed by atoms with van der Waals surface area (Å²) in [4.78, 5) is 28.4. The lowest BCUT2D eigenvalue weighted by atomic mass is 10.1. The van der Waals surface area contributed by atoms with Gasteiger partial charge < -0.3 is 24.3 Å². The highest BCUT2D eigenvalue weighted by molar-refractivity contribution is 6.74. The summed E-state index contributed by atoms with van der Waals surface area (Å²) in [6.07, 6.45) is -2.56. The molecular formula is C20H30N2O6Si. The summed E-state index contributed by atoms with van der Waals surface area (Å²) >= 11 is 0. The molecule has 0 saturated carbocycles. The van der Waals surface area contributed by atoms with E-state index in [0.717, 1.165) is 4.90 Å². The van der Waals surface area contributed by atoms with E-state index in [-0.39, 0.29) is 35.2 Å². The van der Waals surface area contributed by atoms with Crippen molar-refractivity contribution in [1.82, 2.24) is 4.90 Å². The molecule has 2 N–H and O–H groups in total. The lowest BCUT2D eigenvalue weighted by molar-refractivity contribution is 0.0539. The molecule has 9 heteroatoms. The molecule has 2 aliphatic heterocycles. The molecule has 160 valence electrons. The second-order valence-corrected chi connectivity index (χ2v) is 14.0. The van der Waals surface area contributed by atoms with E-state index in [4.69, 9.17) is 9.16 Å². The number of amides is 2. The summed E-state index contributed by atoms with van der Waals surface area (Å²) in [7, 11) is -0.905. The second-order valence-electron chi connectivity index (χ2n) is 9.22. The van der Waals surface area contributed by atoms with Gasteiger partial charge in [-0.3, -0.25) is 4.79 Å². The Kier molecular flexibility index (Phi) is 5.44. The summed E-state index contributed by atoms with van der Waals surface area (Å²) in [6, 6.07) is 4.20. The lowest BCUT2D eigenvalue weighted by Gasteiger charge is -2.44. The SMILES string of the molecule is COc1ccc2c(c1)C(=O)N1CC(O)CC1C(O[Si](C)(C)C(C)(C)C)N2C(=O)O. The molecule has 8 nitrogen and oxygen atoms in total. The van der Waals surface area contributed by atoms with Crippen LogP contribution in [0.5, 0.6) is 5.75 Å². The summed E-state index contributed by atoms with van der Waals surface area (Å²) in [5.41, 5.74) is 0.503. The third-order valence-corrected chi connectivity index (χ3v) is 10.7. The minimum atomic E-state index is -2.39. The van der Waals surface area contributed by atoms with Crippen LogP contribution >= 0.6 is 0 Å². The maximum Gasteiger partial charge on any atom is 0.414 e. The van der Waals surface area contributed by atoms with E-state index in [9.17, 15) is 19.8 Å². The number of aliphatic hydroxyl groups excluding tert-OH is 1. The third-order valence-electron chi connectivity index (χ3n) is 6.29. The first-order valence-electron chi connectivity index (χ1n) is 9.74. The molecule has 0 bridgehead atoms. The number of nitrogens with zero attached hydrogens (tertiary/aromatic N) is 2. The summed E-state index contributed by atoms with van der Waals surface area (Å²) < 4.78 is 11.8. The molecule has 0 aromatic heterocycles. The van der Waals surface area contributed by atoms with Gasteiger partial charge in [0.2, 0.25) is 0 Å². The number of hydrogen-bond donors (Lipinski definition) is 2. The first-order chi connectivity index (χ1) is 13.4. The predicted molar refractivity (Wildman–Crippen MR) is 111 cm³/mol. The molecule has 3 atom stereocenters. The van der Waals surface area contributed by atoms with E-state index >= 15 is 0 Å². The van der Waals surface area contributed by atoms with Gasteiger partial charge in [-0.2, -0.15) is 0 Å². The smallest absolute Gasteiger partial charge is 0.414 e. The average molecular weight is 423 g/mol. The highest BCUT2D eigenvalue weighted by atomic mass is 28.4. The van der Waals surface area contributed by atoms with Crippen LogP contribution in [-0.4, -0.2) is 67.5 Å². The van der Waals surface area contributed by atoms with E-state index in [1.165, 1.54) is 7.11 Å². The van der Waals surface area contributed by atoms with Crippen molar-refractivity contribution in [1.29, 1.82) is 0 Å². The molecule has 0 radical (unpaired) electrons. The zero-order chi connectivity index (χ0) is 21.7. The molecule has 3 unspecified atom stereocenters. The van der Waals surface area contributed by atoms with Crippen molar-refractivity contribution >= 4 is 26.0 Å². The Morgan fingerprint density at radius 3 is 2.48 bits per heavy atom. The van der Waals surface area contributed by atoms with Gasteiger partial charge in [0.05, 0.1) is 30.5 Å². The number of methoxy groups -OCH3 is 1. The van der Waals surface area contributed by atoms with Gasteiger partial charge in [0.1, 0.15) is 5.75 Å². The highest BCUT2D eigenvalue weighted by Gasteiger charge is 2.51. The fourth-order valence-corrected chi connectivity index (χ4v) is 4.88. The fourth-order valence-electron chi connectivity index (χ4n) is 3.66. The van der Waals surface area contributed by atoms with Crippen LogP contribution in [0.3, 0.4) is 0 Å². The maximum atomic E-state index is 13.3. The molecule has 0 aliphatic carbocycles. The first kappa shape index (κ1) is 21.6. The van der Waals surface area contributed by atoms with Gasteiger partial charge in [0, 0.05) is 6.54 Å².